The molecule has 66 heavy (non-hydrogen) atoms. The normalized spacial score (nSPS) is 15.3. The van der Waals surface area contributed by atoms with Crippen molar-refractivity contribution in [2.45, 2.75) is 50.2 Å². The Morgan fingerprint density at radius 1 is 0.470 bits per heavy atom. The SMILES string of the molecule is O=[N+]([O-])c1cc(C(F)(F)F)cc([N+](=O)[O-])c1Oc1ccc2c(c1)CCC(c1ccccc1)O2.O=[N+]([O-])c1cc(C(F)(F)F)cc([N+](=O)[O-])c1Oc1ccc2c(c1)CCC(c1ccccc1)O2. The topological polar surface area (TPSA) is 209 Å². The Morgan fingerprint density at radius 2 is 0.788 bits per heavy atom. The number of alkyl halides is 6. The molecule has 16 nitrogen and oxygen atoms in total. The van der Waals surface area contributed by atoms with E-state index in [1.165, 1.54) is 24.3 Å². The van der Waals surface area contributed by atoms with Crippen LogP contribution in [-0.4, -0.2) is 19.7 Å². The van der Waals surface area contributed by atoms with Gasteiger partial charge in [-0.3, -0.25) is 40.5 Å². The number of hydrogen-bond acceptors (Lipinski definition) is 12. The lowest BCUT2D eigenvalue weighted by Gasteiger charge is -2.26. The molecule has 6 aromatic rings. The van der Waals surface area contributed by atoms with Crippen LogP contribution in [0.4, 0.5) is 49.1 Å². The Bertz CT molecular complexity index is 2580. The van der Waals surface area contributed by atoms with Crippen LogP contribution in [0.25, 0.3) is 0 Å². The predicted octanol–water partition coefficient (Wildman–Crippen LogP) is 12.8. The maximum atomic E-state index is 13.1. The Labute approximate surface area is 367 Å². The highest BCUT2D eigenvalue weighted by Crippen LogP contribution is 2.48. The average molecular weight is 921 g/mol. The molecule has 0 aromatic heterocycles. The molecular weight excluding hydrogens is 890 g/mol. The molecule has 6 aromatic carbocycles. The molecule has 2 atom stereocenters. The van der Waals surface area contributed by atoms with Crippen molar-refractivity contribution in [2.24, 2.45) is 0 Å². The third-order valence-electron chi connectivity index (χ3n) is 10.3. The minimum Gasteiger partial charge on any atom is -0.485 e. The van der Waals surface area contributed by atoms with E-state index in [1.54, 1.807) is 12.1 Å². The molecule has 22 heteroatoms. The van der Waals surface area contributed by atoms with Crippen molar-refractivity contribution in [3.8, 4) is 34.5 Å². The van der Waals surface area contributed by atoms with Crippen molar-refractivity contribution in [2.75, 3.05) is 0 Å². The van der Waals surface area contributed by atoms with E-state index in [9.17, 15) is 66.8 Å². The van der Waals surface area contributed by atoms with Crippen molar-refractivity contribution in [3.63, 3.8) is 0 Å². The second-order valence-electron chi connectivity index (χ2n) is 14.6. The molecule has 0 amide bonds. The van der Waals surface area contributed by atoms with E-state index in [1.807, 2.05) is 60.7 Å². The summed E-state index contributed by atoms with van der Waals surface area (Å²) in [5, 5.41) is 45.5. The Morgan fingerprint density at radius 3 is 1.08 bits per heavy atom. The Hall–Kier alpha value is -8.30. The van der Waals surface area contributed by atoms with Crippen LogP contribution in [-0.2, 0) is 25.2 Å². The molecule has 2 aliphatic heterocycles. The van der Waals surface area contributed by atoms with Gasteiger partial charge in [-0.15, -0.1) is 0 Å². The standard InChI is InChI=1S/2C22H15F3N2O6/c2*23-22(24,25)15-11-17(26(28)29)21(18(12-15)27(30)31)32-16-7-9-20-14(10-16)6-8-19(33-20)13-4-2-1-3-5-13/h2*1-5,7,9-12,19H,6,8H2. The highest BCUT2D eigenvalue weighted by atomic mass is 19.4. The first-order chi connectivity index (χ1) is 31.3. The van der Waals surface area contributed by atoms with Gasteiger partial charge in [-0.25, -0.2) is 0 Å². The van der Waals surface area contributed by atoms with Gasteiger partial charge in [0.05, 0.1) is 30.8 Å². The van der Waals surface area contributed by atoms with Gasteiger partial charge in [-0.2, -0.15) is 26.3 Å². The molecular formula is C44H30F6N4O12. The molecule has 2 heterocycles. The maximum Gasteiger partial charge on any atom is 0.416 e. The molecule has 2 aliphatic rings. The molecule has 0 radical (unpaired) electrons. The Balaban J connectivity index is 0.000000196. The fourth-order valence-corrected chi connectivity index (χ4v) is 7.17. The van der Waals surface area contributed by atoms with Crippen molar-refractivity contribution in [3.05, 3.63) is 195 Å². The van der Waals surface area contributed by atoms with Crippen LogP contribution in [0.15, 0.2) is 121 Å². The number of aryl methyl sites for hydroxylation is 2. The number of nitro benzene ring substituents is 4. The lowest BCUT2D eigenvalue weighted by Crippen LogP contribution is -2.15. The summed E-state index contributed by atoms with van der Waals surface area (Å²) in [5.74, 6) is -0.644. The van der Waals surface area contributed by atoms with E-state index < -0.39 is 77.4 Å². The van der Waals surface area contributed by atoms with Gasteiger partial charge in [0, 0.05) is 24.3 Å². The van der Waals surface area contributed by atoms with E-state index >= 15 is 0 Å². The molecule has 0 bridgehead atoms. The number of hydrogen-bond donors (Lipinski definition) is 0. The minimum absolute atomic E-state index is 0.00136. The quantitative estimate of drug-likeness (QED) is 0.0714. The summed E-state index contributed by atoms with van der Waals surface area (Å²) < 4.78 is 101. The number of ether oxygens (including phenoxy) is 4. The van der Waals surface area contributed by atoms with Crippen LogP contribution in [0.2, 0.25) is 0 Å². The molecule has 0 saturated heterocycles. The van der Waals surface area contributed by atoms with Gasteiger partial charge in [0.15, 0.2) is 0 Å². The van der Waals surface area contributed by atoms with Crippen molar-refractivity contribution in [1.29, 1.82) is 0 Å². The molecule has 8 rings (SSSR count). The second kappa shape index (κ2) is 18.4. The molecule has 0 saturated carbocycles. The fraction of sp³-hybridized carbons (Fsp3) is 0.182. The number of benzene rings is 6. The molecule has 0 aliphatic carbocycles. The van der Waals surface area contributed by atoms with E-state index in [0.29, 0.717) is 48.3 Å². The van der Waals surface area contributed by atoms with Crippen molar-refractivity contribution < 1.29 is 65.0 Å². The van der Waals surface area contributed by atoms with Crippen LogP contribution in [0, 0.1) is 40.5 Å². The van der Waals surface area contributed by atoms with Crippen molar-refractivity contribution >= 4 is 22.7 Å². The molecule has 0 fully saturated rings. The molecule has 340 valence electrons. The monoisotopic (exact) mass is 920 g/mol. The van der Waals surface area contributed by atoms with E-state index in [4.69, 9.17) is 18.9 Å². The van der Waals surface area contributed by atoms with Gasteiger partial charge in [0.1, 0.15) is 35.2 Å². The summed E-state index contributed by atoms with van der Waals surface area (Å²) in [4.78, 5) is 40.9. The zero-order valence-corrected chi connectivity index (χ0v) is 33.5. The van der Waals surface area contributed by atoms with E-state index in [-0.39, 0.29) is 48.0 Å². The Kier molecular flexibility index (Phi) is 12.8. The highest BCUT2D eigenvalue weighted by Gasteiger charge is 2.40. The summed E-state index contributed by atoms with van der Waals surface area (Å²) in [6, 6.07) is 28.9. The van der Waals surface area contributed by atoms with Gasteiger partial charge in [0.2, 0.25) is 0 Å². The number of halogens is 6. The lowest BCUT2D eigenvalue weighted by molar-refractivity contribution is -0.396. The summed E-state index contributed by atoms with van der Waals surface area (Å²) in [7, 11) is 0. The number of rotatable bonds is 10. The van der Waals surface area contributed by atoms with E-state index in [2.05, 4.69) is 0 Å². The average Bonchev–Trinajstić information content (AvgIpc) is 3.28. The number of fused-ring (bicyclic) bond motifs is 2. The number of nitrogens with zero attached hydrogens (tertiary/aromatic N) is 4. The zero-order chi connectivity index (χ0) is 47.5. The third kappa shape index (κ3) is 10.2. The van der Waals surface area contributed by atoms with Crippen LogP contribution in [0.3, 0.4) is 0 Å². The summed E-state index contributed by atoms with van der Waals surface area (Å²) >= 11 is 0. The van der Waals surface area contributed by atoms with E-state index in [0.717, 1.165) is 11.1 Å². The molecule has 2 unspecified atom stereocenters. The van der Waals surface area contributed by atoms with Gasteiger partial charge in [0.25, 0.3) is 11.5 Å². The van der Waals surface area contributed by atoms with Crippen molar-refractivity contribution in [1.82, 2.24) is 0 Å². The van der Waals surface area contributed by atoms with Gasteiger partial charge < -0.3 is 18.9 Å². The highest BCUT2D eigenvalue weighted by molar-refractivity contribution is 5.65. The number of nitro groups is 4. The van der Waals surface area contributed by atoms with Gasteiger partial charge in [-0.1, -0.05) is 60.7 Å². The second-order valence-corrected chi connectivity index (χ2v) is 14.6. The summed E-state index contributed by atoms with van der Waals surface area (Å²) in [6.45, 7) is 0. The maximum absolute atomic E-state index is 13.1. The van der Waals surface area contributed by atoms with Gasteiger partial charge >= 0.3 is 35.1 Å². The third-order valence-corrected chi connectivity index (χ3v) is 10.3. The largest absolute Gasteiger partial charge is 0.485 e. The van der Waals surface area contributed by atoms with Crippen LogP contribution in [0.5, 0.6) is 34.5 Å². The van der Waals surface area contributed by atoms with Crippen LogP contribution >= 0.6 is 0 Å². The zero-order valence-electron chi connectivity index (χ0n) is 33.5. The molecule has 0 spiro atoms. The van der Waals surface area contributed by atoms with Crippen LogP contribution < -0.4 is 18.9 Å². The first-order valence-corrected chi connectivity index (χ1v) is 19.4. The predicted molar refractivity (Wildman–Crippen MR) is 219 cm³/mol. The lowest BCUT2D eigenvalue weighted by atomic mass is 9.97. The van der Waals surface area contributed by atoms with Crippen LogP contribution in [0.1, 0.15) is 58.4 Å². The molecule has 0 N–H and O–H groups in total. The first kappa shape index (κ1) is 45.7. The smallest absolute Gasteiger partial charge is 0.416 e. The van der Waals surface area contributed by atoms with Gasteiger partial charge in [-0.05, 0) is 84.3 Å². The fourth-order valence-electron chi connectivity index (χ4n) is 7.17. The first-order valence-electron chi connectivity index (χ1n) is 19.4. The minimum atomic E-state index is -5.01. The summed E-state index contributed by atoms with van der Waals surface area (Å²) in [5.41, 5.74) is -4.25. The summed E-state index contributed by atoms with van der Waals surface area (Å²) in [6.07, 6.45) is -7.92.